The highest BCUT2D eigenvalue weighted by Crippen LogP contribution is 2.32. The van der Waals surface area contributed by atoms with Crippen molar-refractivity contribution in [1.29, 1.82) is 0 Å². The summed E-state index contributed by atoms with van der Waals surface area (Å²) in [5.74, 6) is -1.27. The zero-order valence-corrected chi connectivity index (χ0v) is 13.3. The third-order valence-corrected chi connectivity index (χ3v) is 5.76. The van der Waals surface area contributed by atoms with E-state index in [1.54, 1.807) is 6.92 Å². The Morgan fingerprint density at radius 2 is 1.95 bits per heavy atom. The maximum absolute atomic E-state index is 12.1. The van der Waals surface area contributed by atoms with E-state index < -0.39 is 21.4 Å². The van der Waals surface area contributed by atoms with Crippen molar-refractivity contribution in [3.8, 4) is 0 Å². The molecule has 0 aromatic carbocycles. The fourth-order valence-corrected chi connectivity index (χ4v) is 3.97. The maximum atomic E-state index is 12.1. The van der Waals surface area contributed by atoms with E-state index in [0.717, 1.165) is 0 Å². The van der Waals surface area contributed by atoms with Gasteiger partial charge < -0.3 is 9.84 Å². The molecule has 1 N–H and O–H groups in total. The summed E-state index contributed by atoms with van der Waals surface area (Å²) < 4.78 is 30.0. The van der Waals surface area contributed by atoms with E-state index in [-0.39, 0.29) is 31.2 Å². The zero-order chi connectivity index (χ0) is 16.1. The molecule has 0 radical (unpaired) electrons. The van der Waals surface area contributed by atoms with Crippen LogP contribution in [0.15, 0.2) is 0 Å². The molecule has 1 saturated heterocycles. The topological polar surface area (TPSA) is 101 Å². The lowest BCUT2D eigenvalue weighted by molar-refractivity contribution is -0.147. The normalized spacial score (nSPS) is 23.1. The smallest absolute Gasteiger partial charge is 0.310 e. The molecule has 1 unspecified atom stereocenters. The number of carboxylic acid groups (broad SMARTS) is 1. The Morgan fingerprint density at radius 3 is 2.48 bits per heavy atom. The molecule has 1 aliphatic rings. The number of methoxy groups -OCH3 is 1. The first-order chi connectivity index (χ1) is 9.71. The number of sulfonamides is 1. The fourth-order valence-electron chi connectivity index (χ4n) is 2.29. The highest BCUT2D eigenvalue weighted by molar-refractivity contribution is 7.89. The van der Waals surface area contributed by atoms with Crippen LogP contribution >= 0.6 is 0 Å². The zero-order valence-electron chi connectivity index (χ0n) is 12.5. The summed E-state index contributed by atoms with van der Waals surface area (Å²) in [5, 5.41) is 9.11. The van der Waals surface area contributed by atoms with E-state index in [4.69, 9.17) is 5.11 Å². The highest BCUT2D eigenvalue weighted by atomic mass is 32.2. The van der Waals surface area contributed by atoms with E-state index in [0.29, 0.717) is 25.7 Å². The standard InChI is InChI=1S/C13H23NO6S/c1-13(12(16)17)7-8-14(10-13)21(18,19)9-5-3-4-6-11(15)20-2/h3-10H2,1-2H3,(H,16,17). The number of carbonyl (C=O) groups excluding carboxylic acids is 1. The highest BCUT2D eigenvalue weighted by Gasteiger charge is 2.44. The number of hydrogen-bond acceptors (Lipinski definition) is 5. The molecule has 8 heteroatoms. The van der Waals surface area contributed by atoms with Crippen molar-refractivity contribution in [1.82, 2.24) is 4.31 Å². The Balaban J connectivity index is 2.38. The van der Waals surface area contributed by atoms with Crippen LogP contribution in [-0.2, 0) is 24.3 Å². The molecular weight excluding hydrogens is 298 g/mol. The Bertz CT molecular complexity index is 489. The van der Waals surface area contributed by atoms with Crippen molar-refractivity contribution in [2.75, 3.05) is 26.0 Å². The largest absolute Gasteiger partial charge is 0.481 e. The van der Waals surface area contributed by atoms with Crippen LogP contribution in [0.2, 0.25) is 0 Å². The van der Waals surface area contributed by atoms with Crippen LogP contribution in [0, 0.1) is 5.41 Å². The minimum atomic E-state index is -3.42. The molecule has 1 heterocycles. The van der Waals surface area contributed by atoms with Gasteiger partial charge in [0, 0.05) is 19.5 Å². The molecule has 122 valence electrons. The van der Waals surface area contributed by atoms with Gasteiger partial charge in [0.2, 0.25) is 10.0 Å². The van der Waals surface area contributed by atoms with Crippen molar-refractivity contribution in [2.45, 2.75) is 39.0 Å². The molecule has 0 saturated carbocycles. The van der Waals surface area contributed by atoms with E-state index in [2.05, 4.69) is 4.74 Å². The first kappa shape index (κ1) is 17.9. The summed E-state index contributed by atoms with van der Waals surface area (Å²) in [6.45, 7) is 1.86. The second-order valence-corrected chi connectivity index (χ2v) is 7.74. The monoisotopic (exact) mass is 321 g/mol. The minimum absolute atomic E-state index is 0.0100. The van der Waals surface area contributed by atoms with Crippen LogP contribution in [0.3, 0.4) is 0 Å². The van der Waals surface area contributed by atoms with Crippen molar-refractivity contribution >= 4 is 22.0 Å². The van der Waals surface area contributed by atoms with Gasteiger partial charge in [0.15, 0.2) is 0 Å². The van der Waals surface area contributed by atoms with E-state index in [9.17, 15) is 18.0 Å². The summed E-state index contributed by atoms with van der Waals surface area (Å²) in [7, 11) is -2.10. The van der Waals surface area contributed by atoms with Crippen LogP contribution in [0.25, 0.3) is 0 Å². The van der Waals surface area contributed by atoms with Gasteiger partial charge in [0.25, 0.3) is 0 Å². The van der Waals surface area contributed by atoms with Gasteiger partial charge in [-0.2, -0.15) is 0 Å². The van der Waals surface area contributed by atoms with E-state index >= 15 is 0 Å². The molecule has 0 aromatic heterocycles. The molecule has 0 aliphatic carbocycles. The van der Waals surface area contributed by atoms with Crippen LogP contribution < -0.4 is 0 Å². The van der Waals surface area contributed by atoms with Gasteiger partial charge in [0.1, 0.15) is 0 Å². The van der Waals surface area contributed by atoms with Gasteiger partial charge in [-0.25, -0.2) is 12.7 Å². The first-order valence-electron chi connectivity index (χ1n) is 6.99. The summed E-state index contributed by atoms with van der Waals surface area (Å²) >= 11 is 0. The van der Waals surface area contributed by atoms with Gasteiger partial charge in [-0.05, 0) is 26.2 Å². The average molecular weight is 321 g/mol. The number of carbonyl (C=O) groups is 2. The van der Waals surface area contributed by atoms with Crippen molar-refractivity contribution in [3.05, 3.63) is 0 Å². The molecule has 0 aromatic rings. The molecule has 1 fully saturated rings. The molecule has 0 spiro atoms. The van der Waals surface area contributed by atoms with Gasteiger partial charge >= 0.3 is 11.9 Å². The number of aliphatic carboxylic acids is 1. The summed E-state index contributed by atoms with van der Waals surface area (Å²) in [6, 6.07) is 0. The average Bonchev–Trinajstić information content (AvgIpc) is 2.83. The summed E-state index contributed by atoms with van der Waals surface area (Å²) in [4.78, 5) is 22.0. The lowest BCUT2D eigenvalue weighted by Gasteiger charge is -2.20. The number of nitrogens with zero attached hydrogens (tertiary/aromatic N) is 1. The third-order valence-electron chi connectivity index (χ3n) is 3.86. The Labute approximate surface area is 125 Å². The summed E-state index contributed by atoms with van der Waals surface area (Å²) in [6.07, 6.45) is 2.30. The lowest BCUT2D eigenvalue weighted by atomic mass is 9.90. The van der Waals surface area contributed by atoms with Gasteiger partial charge in [-0.1, -0.05) is 6.42 Å². The number of carboxylic acids is 1. The second kappa shape index (κ2) is 7.22. The molecule has 0 amide bonds. The number of rotatable bonds is 8. The maximum Gasteiger partial charge on any atom is 0.310 e. The minimum Gasteiger partial charge on any atom is -0.481 e. The first-order valence-corrected chi connectivity index (χ1v) is 8.60. The molecule has 1 aliphatic heterocycles. The predicted octanol–water partition coefficient (Wildman–Crippen LogP) is 0.846. The van der Waals surface area contributed by atoms with Gasteiger partial charge in [0.05, 0.1) is 18.3 Å². The molecule has 1 rings (SSSR count). The SMILES string of the molecule is COC(=O)CCCCCS(=O)(=O)N1CCC(C)(C(=O)O)C1. The quantitative estimate of drug-likeness (QED) is 0.525. The van der Waals surface area contributed by atoms with E-state index in [1.807, 2.05) is 0 Å². The molecular formula is C13H23NO6S. The Morgan fingerprint density at radius 1 is 1.29 bits per heavy atom. The van der Waals surface area contributed by atoms with Crippen LogP contribution in [0.4, 0.5) is 0 Å². The fraction of sp³-hybridized carbons (Fsp3) is 0.846. The Hall–Kier alpha value is -1.15. The Kier molecular flexibility index (Phi) is 6.15. The number of hydrogen-bond donors (Lipinski definition) is 1. The summed E-state index contributed by atoms with van der Waals surface area (Å²) in [5.41, 5.74) is -0.988. The molecule has 0 bridgehead atoms. The number of unbranched alkanes of at least 4 members (excludes halogenated alkanes) is 2. The van der Waals surface area contributed by atoms with Crippen LogP contribution in [0.1, 0.15) is 39.0 Å². The molecule has 7 nitrogen and oxygen atoms in total. The number of esters is 1. The predicted molar refractivity (Wildman–Crippen MR) is 76.2 cm³/mol. The number of ether oxygens (including phenoxy) is 1. The van der Waals surface area contributed by atoms with Crippen molar-refractivity contribution < 1.29 is 27.9 Å². The van der Waals surface area contributed by atoms with Crippen molar-refractivity contribution in [2.24, 2.45) is 5.41 Å². The second-order valence-electron chi connectivity index (χ2n) is 5.65. The lowest BCUT2D eigenvalue weighted by Crippen LogP contribution is -2.36. The van der Waals surface area contributed by atoms with Crippen LogP contribution in [0.5, 0.6) is 0 Å². The van der Waals surface area contributed by atoms with Crippen LogP contribution in [-0.4, -0.2) is 55.7 Å². The van der Waals surface area contributed by atoms with Crippen molar-refractivity contribution in [3.63, 3.8) is 0 Å². The van der Waals surface area contributed by atoms with Gasteiger partial charge in [-0.3, -0.25) is 9.59 Å². The van der Waals surface area contributed by atoms with Gasteiger partial charge in [-0.15, -0.1) is 0 Å². The van der Waals surface area contributed by atoms with E-state index in [1.165, 1.54) is 11.4 Å². The third kappa shape index (κ3) is 4.96. The molecule has 21 heavy (non-hydrogen) atoms. The molecule has 1 atom stereocenters.